The van der Waals surface area contributed by atoms with Gasteiger partial charge in [-0.2, -0.15) is 0 Å². The molecule has 0 radical (unpaired) electrons. The fraction of sp³-hybridized carbons (Fsp3) is 0.0952. The third kappa shape index (κ3) is 2.60. The van der Waals surface area contributed by atoms with E-state index in [2.05, 4.69) is 0 Å². The monoisotopic (exact) mass is 428 g/mol. The maximum Gasteiger partial charge on any atom is 0.344 e. The van der Waals surface area contributed by atoms with E-state index >= 15 is 0 Å². The molecule has 0 spiro atoms. The van der Waals surface area contributed by atoms with Crippen molar-refractivity contribution in [1.82, 2.24) is 0 Å². The van der Waals surface area contributed by atoms with Crippen LogP contribution in [-0.2, 0) is 4.79 Å². The molecule has 0 fully saturated rings. The smallest absolute Gasteiger partial charge is 0.344 e. The fourth-order valence-corrected chi connectivity index (χ4v) is 4.04. The summed E-state index contributed by atoms with van der Waals surface area (Å²) in [6.07, 6.45) is 0. The molecule has 5 rings (SSSR count). The molecule has 6 nitrogen and oxygen atoms in total. The van der Waals surface area contributed by atoms with Crippen LogP contribution in [0.15, 0.2) is 54.8 Å². The second-order valence-corrected chi connectivity index (χ2v) is 7.56. The number of Topliss-reactive ketones (excluding diaryl/α,β-unsaturated/α-hetero) is 1. The molecule has 2 aromatic heterocycles. The molecule has 0 unspecified atom stereocenters. The van der Waals surface area contributed by atoms with Crippen LogP contribution in [0, 0.1) is 0 Å². The van der Waals surface area contributed by atoms with Crippen LogP contribution in [0.1, 0.15) is 24.0 Å². The van der Waals surface area contributed by atoms with Crippen molar-refractivity contribution in [1.29, 1.82) is 0 Å². The van der Waals surface area contributed by atoms with Crippen molar-refractivity contribution in [2.75, 3.05) is 0 Å². The lowest BCUT2D eigenvalue weighted by atomic mass is 9.86. The molecule has 0 amide bonds. The van der Waals surface area contributed by atoms with E-state index in [0.717, 1.165) is 0 Å². The van der Waals surface area contributed by atoms with Gasteiger partial charge in [-0.3, -0.25) is 4.79 Å². The maximum atomic E-state index is 12.7. The van der Waals surface area contributed by atoms with Gasteiger partial charge in [-0.1, -0.05) is 23.2 Å². The average Bonchev–Trinajstić information content (AvgIpc) is 2.68. The number of ketones is 1. The van der Waals surface area contributed by atoms with E-state index in [1.54, 1.807) is 24.3 Å². The highest BCUT2D eigenvalue weighted by atomic mass is 35.5. The first-order chi connectivity index (χ1) is 13.8. The number of hydrogen-bond donors (Lipinski definition) is 0. The third-order valence-electron chi connectivity index (χ3n) is 4.89. The summed E-state index contributed by atoms with van der Waals surface area (Å²) in [6, 6.07) is 9.36. The zero-order chi connectivity index (χ0) is 20.4. The van der Waals surface area contributed by atoms with Crippen LogP contribution in [0.5, 0.6) is 11.5 Å². The van der Waals surface area contributed by atoms with E-state index in [-0.39, 0.29) is 33.8 Å². The van der Waals surface area contributed by atoms with Crippen LogP contribution in [0.2, 0.25) is 10.0 Å². The molecule has 0 N–H and O–H groups in total. The largest absolute Gasteiger partial charge is 0.455 e. The second-order valence-electron chi connectivity index (χ2n) is 6.69. The Labute approximate surface area is 172 Å². The maximum absolute atomic E-state index is 12.7. The Balaban J connectivity index is 1.97. The zero-order valence-corrected chi connectivity index (χ0v) is 16.3. The Hall–Kier alpha value is -3.09. The van der Waals surface area contributed by atoms with Crippen molar-refractivity contribution >= 4 is 50.9 Å². The highest BCUT2D eigenvalue weighted by Crippen LogP contribution is 2.48. The van der Waals surface area contributed by atoms with E-state index in [1.807, 2.05) is 0 Å². The number of halogens is 2. The molecule has 144 valence electrons. The first-order valence-electron chi connectivity index (χ1n) is 8.56. The summed E-state index contributed by atoms with van der Waals surface area (Å²) in [5, 5.41) is 1.60. The first kappa shape index (κ1) is 18.0. The van der Waals surface area contributed by atoms with Crippen molar-refractivity contribution in [2.24, 2.45) is 0 Å². The van der Waals surface area contributed by atoms with Crippen LogP contribution >= 0.6 is 23.2 Å². The van der Waals surface area contributed by atoms with E-state index < -0.39 is 23.0 Å². The van der Waals surface area contributed by atoms with Gasteiger partial charge in [-0.15, -0.1) is 0 Å². The quantitative estimate of drug-likeness (QED) is 0.395. The van der Waals surface area contributed by atoms with E-state index in [4.69, 9.17) is 36.8 Å². The Morgan fingerprint density at radius 2 is 1.28 bits per heavy atom. The Morgan fingerprint density at radius 3 is 1.69 bits per heavy atom. The lowest BCUT2D eigenvalue weighted by Crippen LogP contribution is -2.29. The Kier molecular flexibility index (Phi) is 3.84. The standard InChI is InChI=1S/C21H10Cl2O6/c1-8(24)15-16-18(11-6-9(22)2-4-13(11)27-20(16)25)29-19-12-7-10(23)3-5-14(12)28-21(26)17(15)19/h2-7,15H,1H3. The van der Waals surface area contributed by atoms with Gasteiger partial charge in [0.05, 0.1) is 27.8 Å². The molecule has 3 heterocycles. The van der Waals surface area contributed by atoms with Gasteiger partial charge in [0.1, 0.15) is 28.4 Å². The van der Waals surface area contributed by atoms with Gasteiger partial charge < -0.3 is 13.6 Å². The summed E-state index contributed by atoms with van der Waals surface area (Å²) in [4.78, 5) is 38.0. The minimum Gasteiger partial charge on any atom is -0.455 e. The predicted molar refractivity (Wildman–Crippen MR) is 108 cm³/mol. The summed E-state index contributed by atoms with van der Waals surface area (Å²) in [5.74, 6) is -1.39. The number of carbonyl (C=O) groups excluding carboxylic acids is 1. The van der Waals surface area contributed by atoms with Crippen LogP contribution < -0.4 is 16.0 Å². The lowest BCUT2D eigenvalue weighted by Gasteiger charge is -2.26. The average molecular weight is 429 g/mol. The molecule has 2 aromatic carbocycles. The van der Waals surface area contributed by atoms with Gasteiger partial charge in [0.15, 0.2) is 0 Å². The Bertz CT molecular complexity index is 1380. The molecule has 0 saturated heterocycles. The lowest BCUT2D eigenvalue weighted by molar-refractivity contribution is -0.117. The number of ether oxygens (including phenoxy) is 1. The molecular weight excluding hydrogens is 419 g/mol. The molecule has 0 saturated carbocycles. The van der Waals surface area contributed by atoms with Gasteiger partial charge in [0, 0.05) is 10.0 Å². The molecular formula is C21H10Cl2O6. The number of benzene rings is 2. The third-order valence-corrected chi connectivity index (χ3v) is 5.37. The van der Waals surface area contributed by atoms with Crippen molar-refractivity contribution < 1.29 is 18.4 Å². The fourth-order valence-electron chi connectivity index (χ4n) is 3.69. The van der Waals surface area contributed by atoms with Gasteiger partial charge in [0.25, 0.3) is 0 Å². The molecule has 0 atom stereocenters. The van der Waals surface area contributed by atoms with Gasteiger partial charge in [-0.05, 0) is 43.3 Å². The van der Waals surface area contributed by atoms with Crippen LogP contribution in [0.25, 0.3) is 21.9 Å². The molecule has 0 bridgehead atoms. The summed E-state index contributed by atoms with van der Waals surface area (Å²) in [5.41, 5.74) is -1.18. The normalized spacial score (nSPS) is 13.2. The number of carbonyl (C=O) groups is 1. The van der Waals surface area contributed by atoms with Gasteiger partial charge >= 0.3 is 11.3 Å². The van der Waals surface area contributed by atoms with Gasteiger partial charge in [-0.25, -0.2) is 9.59 Å². The van der Waals surface area contributed by atoms with Crippen molar-refractivity contribution in [3.63, 3.8) is 0 Å². The van der Waals surface area contributed by atoms with E-state index in [1.165, 1.54) is 19.1 Å². The molecule has 1 aliphatic rings. The molecule has 4 aromatic rings. The Morgan fingerprint density at radius 1 is 0.828 bits per heavy atom. The van der Waals surface area contributed by atoms with Crippen LogP contribution in [-0.4, -0.2) is 5.78 Å². The zero-order valence-electron chi connectivity index (χ0n) is 14.7. The van der Waals surface area contributed by atoms with Crippen molar-refractivity contribution in [3.8, 4) is 11.5 Å². The van der Waals surface area contributed by atoms with Crippen LogP contribution in [0.3, 0.4) is 0 Å². The highest BCUT2D eigenvalue weighted by Gasteiger charge is 2.39. The molecule has 29 heavy (non-hydrogen) atoms. The highest BCUT2D eigenvalue weighted by molar-refractivity contribution is 6.31. The van der Waals surface area contributed by atoms with Gasteiger partial charge in [0.2, 0.25) is 0 Å². The first-order valence-corrected chi connectivity index (χ1v) is 9.31. The summed E-state index contributed by atoms with van der Waals surface area (Å²) in [7, 11) is 0. The molecule has 8 heteroatoms. The van der Waals surface area contributed by atoms with E-state index in [0.29, 0.717) is 20.8 Å². The van der Waals surface area contributed by atoms with Crippen molar-refractivity contribution in [2.45, 2.75) is 12.8 Å². The number of hydrogen-bond acceptors (Lipinski definition) is 6. The number of rotatable bonds is 1. The van der Waals surface area contributed by atoms with Crippen molar-refractivity contribution in [3.05, 3.63) is 78.4 Å². The predicted octanol–water partition coefficient (Wildman–Crippen LogP) is 5.03. The number of fused-ring (bicyclic) bond motifs is 6. The summed E-state index contributed by atoms with van der Waals surface area (Å²) >= 11 is 12.2. The SMILES string of the molecule is CC(=O)C1c2c(c3cc(Cl)ccc3oc2=O)Oc2c1c(=O)oc1ccc(Cl)cc21. The summed E-state index contributed by atoms with van der Waals surface area (Å²) < 4.78 is 16.8. The van der Waals surface area contributed by atoms with E-state index in [9.17, 15) is 14.4 Å². The second kappa shape index (κ2) is 6.20. The topological polar surface area (TPSA) is 86.7 Å². The summed E-state index contributed by atoms with van der Waals surface area (Å²) in [6.45, 7) is 1.28. The minimum absolute atomic E-state index is 0.0616. The molecule has 1 aliphatic heterocycles. The minimum atomic E-state index is -1.20. The molecule has 0 aliphatic carbocycles. The van der Waals surface area contributed by atoms with Crippen LogP contribution in [0.4, 0.5) is 0 Å².